The highest BCUT2D eigenvalue weighted by Gasteiger charge is 2.64. The molecule has 2 nitrogen and oxygen atoms in total. The van der Waals surface area contributed by atoms with Crippen molar-refractivity contribution in [1.82, 2.24) is 0 Å². The zero-order valence-corrected chi connectivity index (χ0v) is 23.5. The van der Waals surface area contributed by atoms with Gasteiger partial charge in [-0.05, 0) is 116 Å². The molecule has 2 heteroatoms. The van der Waals surface area contributed by atoms with E-state index in [9.17, 15) is 4.79 Å². The zero-order chi connectivity index (χ0) is 26.2. The van der Waals surface area contributed by atoms with Crippen molar-refractivity contribution < 1.29 is 9.53 Å². The molecule has 2 aromatic carbocycles. The molecule has 3 saturated carbocycles. The summed E-state index contributed by atoms with van der Waals surface area (Å²) in [5.41, 5.74) is 4.17. The molecule has 200 valence electrons. The highest BCUT2D eigenvalue weighted by Crippen LogP contribution is 2.69. The fourth-order valence-electron chi connectivity index (χ4n) is 10.7. The Balaban J connectivity index is 1.21. The van der Waals surface area contributed by atoms with E-state index >= 15 is 0 Å². The lowest BCUT2D eigenvalue weighted by molar-refractivity contribution is -0.150. The van der Waals surface area contributed by atoms with Crippen molar-refractivity contribution in [1.29, 1.82) is 0 Å². The number of ketones is 1. The molecule has 7 rings (SSSR count). The molecule has 1 aliphatic heterocycles. The van der Waals surface area contributed by atoms with Crippen molar-refractivity contribution in [3.8, 4) is 0 Å². The summed E-state index contributed by atoms with van der Waals surface area (Å²) in [6, 6.07) is 22.0. The van der Waals surface area contributed by atoms with Crippen LogP contribution in [0.5, 0.6) is 0 Å². The van der Waals surface area contributed by atoms with Crippen molar-refractivity contribution in [2.24, 2.45) is 34.5 Å². The number of ether oxygens (including phenoxy) is 1. The highest BCUT2D eigenvalue weighted by atomic mass is 16.5. The van der Waals surface area contributed by atoms with Gasteiger partial charge >= 0.3 is 0 Å². The fourth-order valence-corrected chi connectivity index (χ4v) is 10.7. The van der Waals surface area contributed by atoms with Crippen LogP contribution in [0, 0.1) is 34.5 Å². The molecule has 4 aliphatic carbocycles. The standard InChI is InChI=1S/C36H44O2/c1-33-20-18-28(37)24-27(33)14-15-29-30-16-17-32(34(30,2)21-19-31(29)33)35(3)22-23-36(38-35,25-10-6-4-7-11-25)26-12-8-5-9-13-26/h4-13,24,29-32H,14-23H2,1-3H3/t29-,30-,31-,32-,33+,34+,35-/m1/s1. The molecule has 0 N–H and O–H groups in total. The largest absolute Gasteiger partial charge is 0.359 e. The minimum Gasteiger partial charge on any atom is -0.359 e. The summed E-state index contributed by atoms with van der Waals surface area (Å²) < 4.78 is 7.51. The van der Waals surface area contributed by atoms with Gasteiger partial charge in [0.15, 0.2) is 5.78 Å². The molecule has 4 fully saturated rings. The summed E-state index contributed by atoms with van der Waals surface area (Å²) in [6.07, 6.45) is 13.7. The van der Waals surface area contributed by atoms with E-state index in [1.54, 1.807) is 0 Å². The summed E-state index contributed by atoms with van der Waals surface area (Å²) in [7, 11) is 0. The first kappa shape index (κ1) is 24.8. The number of carbonyl (C=O) groups is 1. The molecule has 0 bridgehead atoms. The zero-order valence-electron chi connectivity index (χ0n) is 23.5. The highest BCUT2D eigenvalue weighted by molar-refractivity contribution is 5.91. The minimum absolute atomic E-state index is 0.122. The van der Waals surface area contributed by atoms with Crippen LogP contribution >= 0.6 is 0 Å². The molecule has 0 amide bonds. The van der Waals surface area contributed by atoms with Crippen molar-refractivity contribution in [2.75, 3.05) is 0 Å². The van der Waals surface area contributed by atoms with Gasteiger partial charge in [-0.1, -0.05) is 80.1 Å². The lowest BCUT2D eigenvalue weighted by atomic mass is 9.46. The number of carbonyl (C=O) groups excluding carboxylic acids is 1. The number of benzene rings is 2. The Labute approximate surface area is 229 Å². The van der Waals surface area contributed by atoms with Gasteiger partial charge in [0.25, 0.3) is 0 Å². The first-order valence-corrected chi connectivity index (χ1v) is 15.3. The Hall–Kier alpha value is -2.19. The molecule has 0 unspecified atom stereocenters. The average molecular weight is 509 g/mol. The van der Waals surface area contributed by atoms with Crippen molar-refractivity contribution in [3.05, 3.63) is 83.4 Å². The van der Waals surface area contributed by atoms with E-state index in [1.165, 1.54) is 48.8 Å². The van der Waals surface area contributed by atoms with E-state index in [-0.39, 0.29) is 16.6 Å². The number of fused-ring (bicyclic) bond motifs is 5. The van der Waals surface area contributed by atoms with Gasteiger partial charge in [-0.25, -0.2) is 0 Å². The SMILES string of the molecule is C[C@]12CC[C@@H]3[C@H](CCC4=CC(=O)CC[C@@]43C)[C@H]1CC[C@H]2[C@@]1(C)CCC(c2ccccc2)(c2ccccc2)O1. The predicted molar refractivity (Wildman–Crippen MR) is 153 cm³/mol. The number of rotatable bonds is 3. The van der Waals surface area contributed by atoms with Gasteiger partial charge in [-0.15, -0.1) is 0 Å². The molecule has 1 saturated heterocycles. The van der Waals surface area contributed by atoms with Crippen LogP contribution in [-0.4, -0.2) is 11.4 Å². The first-order chi connectivity index (χ1) is 18.3. The van der Waals surface area contributed by atoms with E-state index in [0.29, 0.717) is 17.1 Å². The Bertz CT molecular complexity index is 1210. The smallest absolute Gasteiger partial charge is 0.155 e. The monoisotopic (exact) mass is 508 g/mol. The summed E-state index contributed by atoms with van der Waals surface area (Å²) in [5.74, 6) is 3.28. The number of allylic oxidation sites excluding steroid dienone is 1. The molecular formula is C36H44O2. The summed E-state index contributed by atoms with van der Waals surface area (Å²) >= 11 is 0. The third kappa shape index (κ3) is 3.44. The van der Waals surface area contributed by atoms with Crippen LogP contribution in [0.25, 0.3) is 0 Å². The van der Waals surface area contributed by atoms with Gasteiger partial charge in [0.2, 0.25) is 0 Å². The van der Waals surface area contributed by atoms with Crippen LogP contribution in [0.4, 0.5) is 0 Å². The predicted octanol–water partition coefficient (Wildman–Crippen LogP) is 8.65. The molecule has 38 heavy (non-hydrogen) atoms. The molecule has 1 heterocycles. The van der Waals surface area contributed by atoms with Gasteiger partial charge in [-0.3, -0.25) is 4.79 Å². The summed E-state index contributed by atoms with van der Waals surface area (Å²) in [6.45, 7) is 7.61. The molecular weight excluding hydrogens is 464 g/mol. The van der Waals surface area contributed by atoms with Gasteiger partial charge in [0.1, 0.15) is 5.60 Å². The van der Waals surface area contributed by atoms with Crippen molar-refractivity contribution in [3.63, 3.8) is 0 Å². The Morgan fingerprint density at radius 3 is 2.08 bits per heavy atom. The maximum absolute atomic E-state index is 12.2. The minimum atomic E-state index is -0.366. The molecule has 2 aromatic rings. The average Bonchev–Trinajstić information content (AvgIpc) is 3.49. The number of hydrogen-bond donors (Lipinski definition) is 0. The third-order valence-corrected chi connectivity index (χ3v) is 12.6. The van der Waals surface area contributed by atoms with E-state index in [0.717, 1.165) is 49.9 Å². The lowest BCUT2D eigenvalue weighted by Crippen LogP contribution is -2.53. The van der Waals surface area contributed by atoms with Gasteiger partial charge < -0.3 is 4.74 Å². The van der Waals surface area contributed by atoms with Crippen LogP contribution in [-0.2, 0) is 15.1 Å². The summed E-state index contributed by atoms with van der Waals surface area (Å²) in [5, 5.41) is 0. The normalized spacial score (nSPS) is 41.7. The second-order valence-electron chi connectivity index (χ2n) is 14.1. The summed E-state index contributed by atoms with van der Waals surface area (Å²) in [4.78, 5) is 12.2. The van der Waals surface area contributed by atoms with E-state index in [4.69, 9.17) is 4.74 Å². The maximum Gasteiger partial charge on any atom is 0.155 e. The second kappa shape index (κ2) is 8.65. The van der Waals surface area contributed by atoms with E-state index in [1.807, 2.05) is 6.08 Å². The third-order valence-electron chi connectivity index (χ3n) is 12.6. The van der Waals surface area contributed by atoms with Crippen LogP contribution < -0.4 is 0 Å². The molecule has 0 spiro atoms. The Morgan fingerprint density at radius 1 is 0.711 bits per heavy atom. The lowest BCUT2D eigenvalue weighted by Gasteiger charge is -2.59. The molecule has 0 aromatic heterocycles. The Morgan fingerprint density at radius 2 is 1.39 bits per heavy atom. The van der Waals surface area contributed by atoms with Crippen LogP contribution in [0.1, 0.15) is 96.1 Å². The molecule has 0 radical (unpaired) electrons. The second-order valence-corrected chi connectivity index (χ2v) is 14.1. The molecule has 7 atom stereocenters. The van der Waals surface area contributed by atoms with Crippen molar-refractivity contribution in [2.45, 2.75) is 96.2 Å². The van der Waals surface area contributed by atoms with Crippen LogP contribution in [0.15, 0.2) is 72.3 Å². The van der Waals surface area contributed by atoms with E-state index in [2.05, 4.69) is 81.4 Å². The molecule has 5 aliphatic rings. The quantitative estimate of drug-likeness (QED) is 0.415. The van der Waals surface area contributed by atoms with Crippen LogP contribution in [0.3, 0.4) is 0 Å². The maximum atomic E-state index is 12.2. The van der Waals surface area contributed by atoms with Gasteiger partial charge in [-0.2, -0.15) is 0 Å². The van der Waals surface area contributed by atoms with Crippen LogP contribution in [0.2, 0.25) is 0 Å². The first-order valence-electron chi connectivity index (χ1n) is 15.3. The Kier molecular flexibility index (Phi) is 5.65. The van der Waals surface area contributed by atoms with Gasteiger partial charge in [0.05, 0.1) is 5.60 Å². The fraction of sp³-hybridized carbons (Fsp3) is 0.583. The van der Waals surface area contributed by atoms with E-state index < -0.39 is 0 Å². The topological polar surface area (TPSA) is 26.3 Å². The van der Waals surface area contributed by atoms with Gasteiger partial charge in [0, 0.05) is 6.42 Å². The number of hydrogen-bond acceptors (Lipinski definition) is 2. The van der Waals surface area contributed by atoms with Crippen molar-refractivity contribution >= 4 is 5.78 Å².